The fraction of sp³-hybridized carbons (Fsp3) is 0.400. The zero-order chi connectivity index (χ0) is 26.3. The molecule has 6 heterocycles. The lowest BCUT2D eigenvalue weighted by Gasteiger charge is -2.38. The fourth-order valence-electron chi connectivity index (χ4n) is 4.87. The Morgan fingerprint density at radius 2 is 1.54 bits per heavy atom. The van der Waals surface area contributed by atoms with E-state index in [2.05, 4.69) is 63.1 Å². The van der Waals surface area contributed by atoms with Crippen molar-refractivity contribution in [3.63, 3.8) is 0 Å². The highest BCUT2D eigenvalue weighted by Crippen LogP contribution is 2.42. The predicted molar refractivity (Wildman–Crippen MR) is 151 cm³/mol. The molecule has 0 aromatic carbocycles. The Kier molecular flexibility index (Phi) is 7.26. The lowest BCUT2D eigenvalue weighted by Crippen LogP contribution is -2.39. The minimum absolute atomic E-state index is 0.648. The lowest BCUT2D eigenvalue weighted by molar-refractivity contribution is -0.0968. The van der Waals surface area contributed by atoms with Crippen molar-refractivity contribution in [1.29, 1.82) is 0 Å². The van der Waals surface area contributed by atoms with Gasteiger partial charge in [0.05, 0.1) is 50.4 Å². The topological polar surface area (TPSA) is 72.3 Å². The van der Waals surface area contributed by atoms with Crippen LogP contribution in [0.4, 0.5) is 11.5 Å². The van der Waals surface area contributed by atoms with Crippen molar-refractivity contribution in [3.05, 3.63) is 57.6 Å². The number of aryl methyl sites for hydroxylation is 1. The summed E-state index contributed by atoms with van der Waals surface area (Å²) in [5, 5.41) is 3.58. The molecule has 0 saturated carbocycles. The second kappa shape index (κ2) is 10.4. The average molecular weight is 541 g/mol. The number of fused-ring (bicyclic) bond motifs is 5. The monoisotopic (exact) mass is 540 g/mol. The highest BCUT2D eigenvalue weighted by Gasteiger charge is 2.34. The van der Waals surface area contributed by atoms with E-state index in [1.54, 1.807) is 42.8 Å². The number of nitrogens with zero attached hydrogens (tertiary/aromatic N) is 8. The molecule has 0 amide bonds. The molecule has 1 aromatic rings. The summed E-state index contributed by atoms with van der Waals surface area (Å²) < 4.78 is 0. The van der Waals surface area contributed by atoms with E-state index < -0.39 is 0 Å². The number of thioether (sulfide) groups is 2. The summed E-state index contributed by atoms with van der Waals surface area (Å²) in [7, 11) is 5.46. The summed E-state index contributed by atoms with van der Waals surface area (Å²) >= 11 is 3.48. The van der Waals surface area contributed by atoms with Crippen LogP contribution >= 0.6 is 23.5 Å². The SMILES string of the molecule is CON1C=C2C=NC3=C(N(C)CC(C)=C3SC)N2C1.CON1C=C2C=Nc3c(ncc(C)c3SC)N2C1. The van der Waals surface area contributed by atoms with Crippen LogP contribution in [0.5, 0.6) is 0 Å². The number of pyridine rings is 1. The molecule has 1 aromatic heterocycles. The molecule has 12 heteroatoms. The van der Waals surface area contributed by atoms with E-state index in [0.717, 1.165) is 40.7 Å². The summed E-state index contributed by atoms with van der Waals surface area (Å²) in [5.74, 6) is 2.07. The number of rotatable bonds is 4. The molecule has 37 heavy (non-hydrogen) atoms. The van der Waals surface area contributed by atoms with Crippen LogP contribution in [0.2, 0.25) is 0 Å². The Labute approximate surface area is 226 Å². The summed E-state index contributed by atoms with van der Waals surface area (Å²) in [4.78, 5) is 33.3. The minimum atomic E-state index is 0.648. The first-order chi connectivity index (χ1) is 17.9. The first-order valence-corrected chi connectivity index (χ1v) is 14.3. The van der Waals surface area contributed by atoms with Gasteiger partial charge in [0.2, 0.25) is 0 Å². The second-order valence-electron chi connectivity index (χ2n) is 8.95. The van der Waals surface area contributed by atoms with E-state index in [4.69, 9.17) is 9.68 Å². The first kappa shape index (κ1) is 25.7. The molecule has 0 radical (unpaired) electrons. The zero-order valence-electron chi connectivity index (χ0n) is 22.2. The quantitative estimate of drug-likeness (QED) is 0.521. The zero-order valence-corrected chi connectivity index (χ0v) is 23.9. The fourth-order valence-corrected chi connectivity index (χ4v) is 6.33. The van der Waals surface area contributed by atoms with Gasteiger partial charge in [-0.3, -0.25) is 9.68 Å². The van der Waals surface area contributed by atoms with Crippen molar-refractivity contribution in [3.8, 4) is 0 Å². The van der Waals surface area contributed by atoms with E-state index in [9.17, 15) is 0 Å². The third-order valence-corrected chi connectivity index (χ3v) is 8.47. The van der Waals surface area contributed by atoms with Crippen molar-refractivity contribution >= 4 is 47.5 Å². The molecule has 0 fully saturated rings. The smallest absolute Gasteiger partial charge is 0.161 e. The summed E-state index contributed by atoms with van der Waals surface area (Å²) in [6, 6.07) is 0. The van der Waals surface area contributed by atoms with Gasteiger partial charge in [-0.2, -0.15) is 0 Å². The van der Waals surface area contributed by atoms with Gasteiger partial charge in [-0.15, -0.1) is 23.5 Å². The molecule has 0 bridgehead atoms. The molecule has 0 N–H and O–H groups in total. The van der Waals surface area contributed by atoms with Gasteiger partial charge in [0.15, 0.2) is 5.82 Å². The molecule has 10 nitrogen and oxygen atoms in total. The van der Waals surface area contributed by atoms with Gasteiger partial charge in [0, 0.05) is 29.6 Å². The molecule has 0 aliphatic carbocycles. The van der Waals surface area contributed by atoms with Gasteiger partial charge in [0.1, 0.15) is 30.5 Å². The normalized spacial score (nSPS) is 19.5. The maximum absolute atomic E-state index is 5.29. The Balaban J connectivity index is 0.000000152. The van der Waals surface area contributed by atoms with Crippen molar-refractivity contribution in [2.75, 3.05) is 58.6 Å². The second-order valence-corrected chi connectivity index (χ2v) is 10.6. The van der Waals surface area contributed by atoms with Crippen LogP contribution < -0.4 is 4.90 Å². The molecule has 5 aliphatic heterocycles. The lowest BCUT2D eigenvalue weighted by atomic mass is 10.1. The van der Waals surface area contributed by atoms with Gasteiger partial charge < -0.3 is 14.7 Å². The van der Waals surface area contributed by atoms with E-state index in [1.807, 2.05) is 36.1 Å². The number of hydrogen-bond donors (Lipinski definition) is 0. The highest BCUT2D eigenvalue weighted by molar-refractivity contribution is 8.02. The van der Waals surface area contributed by atoms with Crippen LogP contribution in [-0.4, -0.2) is 91.0 Å². The predicted octanol–water partition coefficient (Wildman–Crippen LogP) is 4.11. The molecule has 0 atom stereocenters. The third-order valence-electron chi connectivity index (χ3n) is 6.59. The van der Waals surface area contributed by atoms with Crippen LogP contribution in [0.25, 0.3) is 0 Å². The van der Waals surface area contributed by atoms with Crippen LogP contribution in [0.15, 0.2) is 66.9 Å². The Morgan fingerprint density at radius 1 is 0.892 bits per heavy atom. The maximum atomic E-state index is 5.29. The Morgan fingerprint density at radius 3 is 2.19 bits per heavy atom. The van der Waals surface area contributed by atoms with E-state index in [0.29, 0.717) is 13.3 Å². The Hall–Kier alpha value is -2.93. The van der Waals surface area contributed by atoms with E-state index in [-0.39, 0.29) is 0 Å². The van der Waals surface area contributed by atoms with Crippen LogP contribution in [0, 0.1) is 6.92 Å². The first-order valence-electron chi connectivity index (χ1n) is 11.8. The average Bonchev–Trinajstić information content (AvgIpc) is 3.52. The van der Waals surface area contributed by atoms with Gasteiger partial charge >= 0.3 is 0 Å². The largest absolute Gasteiger partial charge is 0.355 e. The minimum Gasteiger partial charge on any atom is -0.355 e. The van der Waals surface area contributed by atoms with Crippen molar-refractivity contribution in [2.24, 2.45) is 9.98 Å². The molecule has 0 unspecified atom stereocenters. The number of hydroxylamine groups is 4. The van der Waals surface area contributed by atoms with Gasteiger partial charge in [0.25, 0.3) is 0 Å². The molecule has 5 aliphatic rings. The number of aliphatic imine (C=N–C) groups is 2. The third kappa shape index (κ3) is 4.52. The van der Waals surface area contributed by atoms with Crippen LogP contribution in [-0.2, 0) is 9.68 Å². The van der Waals surface area contributed by atoms with Gasteiger partial charge in [-0.1, -0.05) is 0 Å². The van der Waals surface area contributed by atoms with Crippen LogP contribution in [0.1, 0.15) is 12.5 Å². The maximum Gasteiger partial charge on any atom is 0.161 e. The molecule has 0 spiro atoms. The van der Waals surface area contributed by atoms with Crippen molar-refractivity contribution < 1.29 is 9.68 Å². The number of hydrogen-bond acceptors (Lipinski definition) is 12. The van der Waals surface area contributed by atoms with E-state index in [1.165, 1.54) is 21.2 Å². The number of allylic oxidation sites excluding steroid dienone is 2. The van der Waals surface area contributed by atoms with Gasteiger partial charge in [-0.25, -0.2) is 25.1 Å². The number of aromatic nitrogens is 1. The Bertz CT molecular complexity index is 1290. The molecular formula is C25H32N8O2S2. The molecule has 6 rings (SSSR count). The highest BCUT2D eigenvalue weighted by atomic mass is 32.2. The molecule has 196 valence electrons. The summed E-state index contributed by atoms with van der Waals surface area (Å²) in [6.45, 7) is 6.54. The van der Waals surface area contributed by atoms with Crippen molar-refractivity contribution in [1.82, 2.24) is 24.9 Å². The summed E-state index contributed by atoms with van der Waals surface area (Å²) in [5.41, 5.74) is 6.65. The molecule has 0 saturated heterocycles. The van der Waals surface area contributed by atoms with Gasteiger partial charge in [-0.05, 0) is 37.5 Å². The standard InChI is InChI=1S/C13H18N4OS.C12H14N4OS/c1-9-6-15(2)13-11(12(9)19-4)14-5-10-7-16(18-3)8-17(10)13;1-8-4-14-12-10(11(8)18-3)13-5-9-6-15(17-2)7-16(9)12/h5,7H,6,8H2,1-4H3;4-6H,7H2,1-3H3. The van der Waals surface area contributed by atoms with Crippen molar-refractivity contribution in [2.45, 2.75) is 18.7 Å². The number of anilines is 1. The van der Waals surface area contributed by atoms with E-state index >= 15 is 0 Å². The summed E-state index contributed by atoms with van der Waals surface area (Å²) in [6.07, 6.45) is 13.8. The number of likely N-dealkylation sites (N-methyl/N-ethyl adjacent to an activating group) is 1. The van der Waals surface area contributed by atoms with Crippen LogP contribution in [0.3, 0.4) is 0 Å². The molecular weight excluding hydrogens is 508 g/mol.